The second-order valence-electron chi connectivity index (χ2n) is 8.26. The lowest BCUT2D eigenvalue weighted by molar-refractivity contribution is -0.137. The molecule has 0 radical (unpaired) electrons. The van der Waals surface area contributed by atoms with Gasteiger partial charge in [-0.25, -0.2) is 18.4 Å². The van der Waals surface area contributed by atoms with Crippen molar-refractivity contribution in [2.45, 2.75) is 37.3 Å². The maximum atomic E-state index is 12.7. The number of imidazole rings is 1. The molecule has 0 spiro atoms. The van der Waals surface area contributed by atoms with Crippen LogP contribution in [0, 0.1) is 0 Å². The zero-order chi connectivity index (χ0) is 27.2. The normalized spacial score (nSPS) is 12.3. The van der Waals surface area contributed by atoms with Crippen molar-refractivity contribution in [1.29, 1.82) is 0 Å². The first-order valence-electron chi connectivity index (χ1n) is 11.5. The van der Waals surface area contributed by atoms with Gasteiger partial charge in [0.2, 0.25) is 5.89 Å². The van der Waals surface area contributed by atoms with Crippen LogP contribution in [0.1, 0.15) is 35.0 Å². The number of halogens is 3. The van der Waals surface area contributed by atoms with Crippen LogP contribution in [0.25, 0.3) is 12.2 Å². The zero-order valence-electron chi connectivity index (χ0n) is 20.0. The van der Waals surface area contributed by atoms with Crippen LogP contribution in [0.5, 0.6) is 5.75 Å². The van der Waals surface area contributed by atoms with Crippen molar-refractivity contribution in [3.05, 3.63) is 95.7 Å². The van der Waals surface area contributed by atoms with Gasteiger partial charge in [0.1, 0.15) is 36.7 Å². The number of hydrogen-bond donors (Lipinski definition) is 1. The van der Waals surface area contributed by atoms with Crippen LogP contribution in [-0.2, 0) is 35.8 Å². The number of aliphatic hydroxyl groups excluding tert-OH is 1. The summed E-state index contributed by atoms with van der Waals surface area (Å²) in [5.74, 6) is 1.13. The van der Waals surface area contributed by atoms with Gasteiger partial charge in [0, 0.05) is 25.0 Å². The Balaban J connectivity index is 1.27. The van der Waals surface area contributed by atoms with E-state index in [-0.39, 0.29) is 29.8 Å². The van der Waals surface area contributed by atoms with Crippen molar-refractivity contribution < 1.29 is 35.8 Å². The number of aliphatic hydroxyl groups is 1. The van der Waals surface area contributed by atoms with Gasteiger partial charge in [-0.3, -0.25) is 0 Å². The lowest BCUT2D eigenvalue weighted by Crippen LogP contribution is -2.11. The molecule has 0 atom stereocenters. The highest BCUT2D eigenvalue weighted by Gasteiger charge is 2.29. The summed E-state index contributed by atoms with van der Waals surface area (Å²) in [4.78, 5) is 8.41. The Morgan fingerprint density at radius 3 is 2.47 bits per heavy atom. The molecular formula is C26H24F3N3O5S. The number of nitrogens with zero attached hydrogens (tertiary/aromatic N) is 3. The summed E-state index contributed by atoms with van der Waals surface area (Å²) in [5.41, 5.74) is 0.315. The summed E-state index contributed by atoms with van der Waals surface area (Å²) < 4.78 is 76.0. The van der Waals surface area contributed by atoms with Crippen molar-refractivity contribution in [3.63, 3.8) is 0 Å². The van der Waals surface area contributed by atoms with Crippen molar-refractivity contribution in [3.8, 4) is 5.75 Å². The predicted octanol–water partition coefficient (Wildman–Crippen LogP) is 5.00. The van der Waals surface area contributed by atoms with E-state index in [0.717, 1.165) is 12.1 Å². The van der Waals surface area contributed by atoms with E-state index in [2.05, 4.69) is 9.97 Å². The van der Waals surface area contributed by atoms with Crippen molar-refractivity contribution >= 4 is 22.0 Å². The molecule has 200 valence electrons. The first-order chi connectivity index (χ1) is 18.1. The Bertz CT molecular complexity index is 1480. The van der Waals surface area contributed by atoms with Crippen LogP contribution in [-0.4, -0.2) is 33.8 Å². The minimum atomic E-state index is -4.39. The second-order valence-corrected chi connectivity index (χ2v) is 10.4. The fourth-order valence-electron chi connectivity index (χ4n) is 3.55. The van der Waals surface area contributed by atoms with Crippen molar-refractivity contribution in [2.75, 3.05) is 5.75 Å². The summed E-state index contributed by atoms with van der Waals surface area (Å²) in [5, 5.41) is 9.23. The summed E-state index contributed by atoms with van der Waals surface area (Å²) in [6.07, 6.45) is 3.73. The number of benzene rings is 2. The molecule has 0 aliphatic carbocycles. The van der Waals surface area contributed by atoms with E-state index in [4.69, 9.17) is 9.15 Å². The van der Waals surface area contributed by atoms with E-state index < -0.39 is 21.6 Å². The lowest BCUT2D eigenvalue weighted by atomic mass is 10.1. The molecule has 0 aliphatic rings. The molecule has 4 rings (SSSR count). The third-order valence-corrected chi connectivity index (χ3v) is 7.37. The minimum absolute atomic E-state index is 0.0576. The molecule has 0 saturated carbocycles. The number of sulfone groups is 1. The Labute approximate surface area is 217 Å². The van der Waals surface area contributed by atoms with Gasteiger partial charge in [-0.2, -0.15) is 13.2 Å². The van der Waals surface area contributed by atoms with Gasteiger partial charge in [-0.1, -0.05) is 12.1 Å². The Morgan fingerprint density at radius 2 is 1.79 bits per heavy atom. The fourth-order valence-corrected chi connectivity index (χ4v) is 4.85. The molecule has 0 fully saturated rings. The zero-order valence-corrected chi connectivity index (χ0v) is 20.8. The van der Waals surface area contributed by atoms with Gasteiger partial charge in [0.15, 0.2) is 9.84 Å². The number of aromatic nitrogens is 3. The van der Waals surface area contributed by atoms with E-state index in [9.17, 15) is 26.7 Å². The molecule has 4 aromatic rings. The number of oxazole rings is 1. The average Bonchev–Trinajstić information content (AvgIpc) is 3.55. The minimum Gasteiger partial charge on any atom is -0.487 e. The molecular weight excluding hydrogens is 523 g/mol. The molecule has 1 N–H and O–H groups in total. The number of aryl methyl sites for hydroxylation is 1. The van der Waals surface area contributed by atoms with E-state index >= 15 is 0 Å². The molecule has 2 aromatic carbocycles. The molecule has 0 saturated heterocycles. The highest BCUT2D eigenvalue weighted by Crippen LogP contribution is 2.29. The Kier molecular flexibility index (Phi) is 8.32. The average molecular weight is 548 g/mol. The summed E-state index contributed by atoms with van der Waals surface area (Å²) in [6, 6.07) is 10.8. The SMILES string of the molecule is O=S(=O)(CCCn1ccnc1CO)c1ccc(OCc2coc(/C=C/c3ccc(C(F)(F)F)cc3)n2)cc1. The quantitative estimate of drug-likeness (QED) is 0.282. The van der Waals surface area contributed by atoms with Gasteiger partial charge >= 0.3 is 6.18 Å². The van der Waals surface area contributed by atoms with Gasteiger partial charge in [0.25, 0.3) is 0 Å². The maximum absolute atomic E-state index is 12.7. The van der Waals surface area contributed by atoms with Gasteiger partial charge in [0.05, 0.1) is 16.2 Å². The lowest BCUT2D eigenvalue weighted by Gasteiger charge is -2.08. The molecule has 0 aliphatic heterocycles. The summed E-state index contributed by atoms with van der Waals surface area (Å²) in [7, 11) is -3.50. The maximum Gasteiger partial charge on any atom is 0.416 e. The molecule has 2 heterocycles. The number of alkyl halides is 3. The molecule has 2 aromatic heterocycles. The highest BCUT2D eigenvalue weighted by atomic mass is 32.2. The largest absolute Gasteiger partial charge is 0.487 e. The van der Waals surface area contributed by atoms with E-state index in [1.54, 1.807) is 35.2 Å². The third kappa shape index (κ3) is 7.11. The summed E-state index contributed by atoms with van der Waals surface area (Å²) >= 11 is 0. The van der Waals surface area contributed by atoms with Crippen LogP contribution in [0.2, 0.25) is 0 Å². The van der Waals surface area contributed by atoms with Crippen LogP contribution in [0.3, 0.4) is 0 Å². The number of ether oxygens (including phenoxy) is 1. The van der Waals surface area contributed by atoms with Crippen LogP contribution < -0.4 is 4.74 Å². The second kappa shape index (κ2) is 11.7. The van der Waals surface area contributed by atoms with Crippen molar-refractivity contribution in [1.82, 2.24) is 14.5 Å². The standard InChI is InChI=1S/C26H24F3N3O5S/c27-26(28,29)20-5-2-19(3-6-20)4-11-25-31-21(18-37-25)17-36-22-7-9-23(10-8-22)38(34,35)15-1-13-32-14-12-30-24(32)16-33/h2-12,14,18,33H,1,13,15-17H2/b11-4+. The highest BCUT2D eigenvalue weighted by molar-refractivity contribution is 7.91. The molecule has 0 amide bonds. The smallest absolute Gasteiger partial charge is 0.416 e. The van der Waals surface area contributed by atoms with Crippen LogP contribution in [0.15, 0.2) is 76.5 Å². The molecule has 38 heavy (non-hydrogen) atoms. The monoisotopic (exact) mass is 547 g/mol. The van der Waals surface area contributed by atoms with Crippen LogP contribution >= 0.6 is 0 Å². The predicted molar refractivity (Wildman–Crippen MR) is 132 cm³/mol. The molecule has 12 heteroatoms. The molecule has 8 nitrogen and oxygen atoms in total. The Morgan fingerprint density at radius 1 is 1.05 bits per heavy atom. The molecule has 0 bridgehead atoms. The Hall–Kier alpha value is -3.90. The first-order valence-corrected chi connectivity index (χ1v) is 13.2. The van der Waals surface area contributed by atoms with Crippen molar-refractivity contribution in [2.24, 2.45) is 0 Å². The fraction of sp³-hybridized carbons (Fsp3) is 0.231. The van der Waals surface area contributed by atoms with Gasteiger partial charge in [-0.15, -0.1) is 0 Å². The number of hydrogen-bond acceptors (Lipinski definition) is 7. The first kappa shape index (κ1) is 27.1. The van der Waals surface area contributed by atoms with Gasteiger partial charge in [-0.05, 0) is 54.5 Å². The van der Waals surface area contributed by atoms with Gasteiger partial charge < -0.3 is 18.8 Å². The third-order valence-electron chi connectivity index (χ3n) is 5.55. The van der Waals surface area contributed by atoms with E-state index in [1.807, 2.05) is 0 Å². The molecule has 0 unspecified atom stereocenters. The van der Waals surface area contributed by atoms with Crippen LogP contribution in [0.4, 0.5) is 13.2 Å². The topological polar surface area (TPSA) is 107 Å². The number of rotatable bonds is 11. The summed E-state index contributed by atoms with van der Waals surface area (Å²) in [6.45, 7) is 0.285. The van der Waals surface area contributed by atoms with E-state index in [1.165, 1.54) is 36.6 Å². The van der Waals surface area contributed by atoms with E-state index in [0.29, 0.717) is 35.8 Å².